The van der Waals surface area contributed by atoms with E-state index in [2.05, 4.69) is 15.6 Å². The van der Waals surface area contributed by atoms with Gasteiger partial charge in [0.1, 0.15) is 23.5 Å². The average Bonchev–Trinajstić information content (AvgIpc) is 2.52. The van der Waals surface area contributed by atoms with Crippen molar-refractivity contribution in [2.24, 2.45) is 0 Å². The Morgan fingerprint density at radius 3 is 2.44 bits per heavy atom. The van der Waals surface area contributed by atoms with Crippen LogP contribution in [0.5, 0.6) is 0 Å². The van der Waals surface area contributed by atoms with E-state index in [0.717, 1.165) is 12.3 Å². The number of pyridine rings is 1. The van der Waals surface area contributed by atoms with Gasteiger partial charge in [-0.2, -0.15) is 13.2 Å². The Morgan fingerprint density at radius 1 is 1.16 bits per heavy atom. The zero-order valence-electron chi connectivity index (χ0n) is 12.5. The monoisotopic (exact) mass is 395 g/mol. The second-order valence-electron chi connectivity index (χ2n) is 4.85. The van der Waals surface area contributed by atoms with Crippen LogP contribution in [0, 0.1) is 10.1 Å². The molecule has 0 spiro atoms. The molecule has 0 atom stereocenters. The molecule has 0 fully saturated rings. The van der Waals surface area contributed by atoms with Gasteiger partial charge >= 0.3 is 6.18 Å². The fourth-order valence-electron chi connectivity index (χ4n) is 1.98. The van der Waals surface area contributed by atoms with Crippen LogP contribution in [-0.2, 0) is 6.18 Å². The lowest BCUT2D eigenvalue weighted by atomic mass is 10.2. The minimum absolute atomic E-state index is 0.126. The first kappa shape index (κ1) is 19.1. The van der Waals surface area contributed by atoms with Crippen molar-refractivity contribution in [1.29, 1.82) is 0 Å². The number of hydrogen-bond acceptors (Lipinski definition) is 4. The number of nitro benzene ring substituents is 1. The summed E-state index contributed by atoms with van der Waals surface area (Å²) < 4.78 is 37.7. The number of para-hydroxylation sites is 1. The zero-order chi connectivity index (χ0) is 18.6. The molecule has 0 radical (unpaired) electrons. The highest BCUT2D eigenvalue weighted by Gasteiger charge is 2.32. The number of halogens is 5. The summed E-state index contributed by atoms with van der Waals surface area (Å²) in [4.78, 5) is 12.8. The molecule has 1 heterocycles. The number of nitrogens with one attached hydrogen (secondary N) is 3. The van der Waals surface area contributed by atoms with Crippen molar-refractivity contribution in [1.82, 2.24) is 0 Å². The standard InChI is InChI=1S/C14H11Cl2F3N4O2/c15-9-2-1-3-11(23(24)25)12(9)20-4-5-21-13-10(16)6-8(7-22-13)14(17,18)19/h1-3,6-7,20H,4-5H2,(H,21,22)/p+1. The molecule has 0 aliphatic heterocycles. The van der Waals surface area contributed by atoms with E-state index >= 15 is 0 Å². The Kier molecular flexibility index (Phi) is 5.91. The first-order chi connectivity index (χ1) is 11.7. The van der Waals surface area contributed by atoms with E-state index in [4.69, 9.17) is 23.2 Å². The van der Waals surface area contributed by atoms with Gasteiger partial charge in [0, 0.05) is 6.07 Å². The van der Waals surface area contributed by atoms with Crippen molar-refractivity contribution >= 4 is 40.4 Å². The van der Waals surface area contributed by atoms with Gasteiger partial charge in [-0.05, 0) is 12.1 Å². The van der Waals surface area contributed by atoms with E-state index < -0.39 is 16.7 Å². The number of nitro groups is 1. The molecule has 0 saturated heterocycles. The summed E-state index contributed by atoms with van der Waals surface area (Å²) >= 11 is 11.7. The predicted octanol–water partition coefficient (Wildman–Crippen LogP) is 4.26. The third kappa shape index (κ3) is 4.86. The lowest BCUT2D eigenvalue weighted by Gasteiger charge is -2.09. The van der Waals surface area contributed by atoms with Gasteiger partial charge in [0.25, 0.3) is 11.5 Å². The Morgan fingerprint density at radius 2 is 1.84 bits per heavy atom. The van der Waals surface area contributed by atoms with Crippen molar-refractivity contribution in [3.8, 4) is 0 Å². The molecule has 1 aromatic heterocycles. The van der Waals surface area contributed by atoms with Crippen LogP contribution in [0.15, 0.2) is 30.5 Å². The van der Waals surface area contributed by atoms with Crippen LogP contribution in [0.4, 0.5) is 30.4 Å². The smallest absolute Gasteiger partial charge is 0.374 e. The first-order valence-electron chi connectivity index (χ1n) is 6.89. The molecule has 25 heavy (non-hydrogen) atoms. The molecule has 11 heteroatoms. The van der Waals surface area contributed by atoms with Gasteiger partial charge in [0.2, 0.25) is 0 Å². The highest BCUT2D eigenvalue weighted by Crippen LogP contribution is 2.32. The number of aromatic nitrogens is 1. The van der Waals surface area contributed by atoms with Gasteiger partial charge < -0.3 is 5.32 Å². The number of rotatable bonds is 6. The van der Waals surface area contributed by atoms with Crippen LogP contribution < -0.4 is 15.6 Å². The summed E-state index contributed by atoms with van der Waals surface area (Å²) in [6.07, 6.45) is -3.70. The molecule has 2 rings (SSSR count). The van der Waals surface area contributed by atoms with Crippen LogP contribution in [0.25, 0.3) is 0 Å². The average molecular weight is 396 g/mol. The topological polar surface area (TPSA) is 81.3 Å². The summed E-state index contributed by atoms with van der Waals surface area (Å²) in [5, 5.41) is 16.6. The number of benzene rings is 1. The summed E-state index contributed by atoms with van der Waals surface area (Å²) in [5.74, 6) is 0.199. The third-order valence-corrected chi connectivity index (χ3v) is 3.75. The van der Waals surface area contributed by atoms with Gasteiger partial charge in [-0.3, -0.25) is 15.4 Å². The van der Waals surface area contributed by atoms with Crippen molar-refractivity contribution in [2.45, 2.75) is 6.18 Å². The molecule has 6 nitrogen and oxygen atoms in total. The lowest BCUT2D eigenvalue weighted by Crippen LogP contribution is -2.21. The summed E-state index contributed by atoms with van der Waals surface area (Å²) in [7, 11) is 0. The van der Waals surface area contributed by atoms with Crippen LogP contribution in [0.2, 0.25) is 10.0 Å². The van der Waals surface area contributed by atoms with E-state index in [-0.39, 0.29) is 40.3 Å². The van der Waals surface area contributed by atoms with E-state index in [1.807, 2.05) is 0 Å². The SMILES string of the molecule is O=[N+]([O-])c1cccc(Cl)c1NCCNc1[nH+]cc(C(F)(F)F)cc1Cl. The highest BCUT2D eigenvalue weighted by atomic mass is 35.5. The zero-order valence-corrected chi connectivity index (χ0v) is 14.0. The summed E-state index contributed by atoms with van der Waals surface area (Å²) in [6.45, 7) is 0.444. The number of alkyl halides is 3. The maximum atomic E-state index is 12.6. The van der Waals surface area contributed by atoms with Gasteiger partial charge in [0.05, 0.1) is 22.1 Å². The minimum atomic E-state index is -4.50. The Labute approximate surface area is 150 Å². The number of H-pyrrole nitrogens is 1. The second kappa shape index (κ2) is 7.75. The molecule has 3 N–H and O–H groups in total. The molecular formula is C14H12Cl2F3N4O2+. The van der Waals surface area contributed by atoms with Gasteiger partial charge in [-0.25, -0.2) is 4.98 Å². The van der Waals surface area contributed by atoms with E-state index in [1.165, 1.54) is 18.2 Å². The van der Waals surface area contributed by atoms with E-state index in [1.54, 1.807) is 0 Å². The largest absolute Gasteiger partial charge is 0.419 e. The minimum Gasteiger partial charge on any atom is -0.374 e. The lowest BCUT2D eigenvalue weighted by molar-refractivity contribution is -0.383. The molecule has 134 valence electrons. The molecule has 0 bridgehead atoms. The van der Waals surface area contributed by atoms with Crippen LogP contribution in [0.3, 0.4) is 0 Å². The molecule has 1 aromatic carbocycles. The van der Waals surface area contributed by atoms with Crippen molar-refractivity contribution in [3.05, 3.63) is 56.2 Å². The van der Waals surface area contributed by atoms with Crippen molar-refractivity contribution < 1.29 is 23.1 Å². The maximum absolute atomic E-state index is 12.6. The van der Waals surface area contributed by atoms with Crippen LogP contribution in [0.1, 0.15) is 5.56 Å². The Hall–Kier alpha value is -2.26. The fourth-order valence-corrected chi connectivity index (χ4v) is 2.46. The van der Waals surface area contributed by atoms with Gasteiger partial charge in [0.15, 0.2) is 0 Å². The molecule has 0 amide bonds. The normalized spacial score (nSPS) is 11.2. The first-order valence-corrected chi connectivity index (χ1v) is 7.65. The molecule has 0 aliphatic carbocycles. The molecule has 0 unspecified atom stereocenters. The molecule has 0 aliphatic rings. The van der Waals surface area contributed by atoms with Gasteiger partial charge in [-0.15, -0.1) is 0 Å². The van der Waals surface area contributed by atoms with Crippen LogP contribution in [-0.4, -0.2) is 18.0 Å². The predicted molar refractivity (Wildman–Crippen MR) is 88.1 cm³/mol. The fraction of sp³-hybridized carbons (Fsp3) is 0.214. The summed E-state index contributed by atoms with van der Waals surface area (Å²) in [5.41, 5.74) is -0.905. The number of anilines is 2. The maximum Gasteiger partial charge on any atom is 0.419 e. The third-order valence-electron chi connectivity index (χ3n) is 3.14. The number of nitrogens with zero attached hydrogens (tertiary/aromatic N) is 1. The number of hydrogen-bond donors (Lipinski definition) is 2. The Balaban J connectivity index is 1.98. The second-order valence-corrected chi connectivity index (χ2v) is 5.67. The van der Waals surface area contributed by atoms with E-state index in [0.29, 0.717) is 0 Å². The van der Waals surface area contributed by atoms with Crippen molar-refractivity contribution in [3.63, 3.8) is 0 Å². The molecular weight excluding hydrogens is 384 g/mol. The number of aromatic amines is 1. The quantitative estimate of drug-likeness (QED) is 0.435. The Bertz CT molecular complexity index is 787. The van der Waals surface area contributed by atoms with Crippen LogP contribution >= 0.6 is 23.2 Å². The van der Waals surface area contributed by atoms with Gasteiger partial charge in [-0.1, -0.05) is 29.3 Å². The molecule has 0 saturated carbocycles. The molecule has 2 aromatic rings. The van der Waals surface area contributed by atoms with Crippen molar-refractivity contribution in [2.75, 3.05) is 23.7 Å². The summed E-state index contributed by atoms with van der Waals surface area (Å²) in [6, 6.07) is 5.07. The van der Waals surface area contributed by atoms with E-state index in [9.17, 15) is 23.3 Å². The highest BCUT2D eigenvalue weighted by molar-refractivity contribution is 6.33.